The van der Waals surface area contributed by atoms with Gasteiger partial charge in [-0.2, -0.15) is 18.3 Å². The fourth-order valence-electron chi connectivity index (χ4n) is 2.62. The van der Waals surface area contributed by atoms with Crippen LogP contribution in [0.3, 0.4) is 0 Å². The molecule has 0 aliphatic carbocycles. The van der Waals surface area contributed by atoms with Crippen LogP contribution in [0.1, 0.15) is 39.7 Å². The molecule has 0 saturated heterocycles. The molecule has 3 rings (SSSR count). The van der Waals surface area contributed by atoms with Crippen molar-refractivity contribution in [2.45, 2.75) is 52.2 Å². The van der Waals surface area contributed by atoms with E-state index in [4.69, 9.17) is 6.57 Å². The van der Waals surface area contributed by atoms with Gasteiger partial charge in [0.1, 0.15) is 0 Å². The number of alkyl halides is 3. The fourth-order valence-corrected chi connectivity index (χ4v) is 2.62. The van der Waals surface area contributed by atoms with Crippen LogP contribution in [0.2, 0.25) is 0 Å². The molecule has 0 unspecified atom stereocenters. The van der Waals surface area contributed by atoms with Crippen molar-refractivity contribution in [3.63, 3.8) is 0 Å². The Morgan fingerprint density at radius 2 is 1.69 bits per heavy atom. The van der Waals surface area contributed by atoms with Gasteiger partial charge in [-0.25, -0.2) is 0 Å². The molecule has 0 saturated carbocycles. The minimum Gasteiger partial charge on any atom is -0.657 e. The summed E-state index contributed by atoms with van der Waals surface area (Å²) in [5, 5.41) is 12.0. The molecule has 188 valence electrons. The van der Waals surface area contributed by atoms with Gasteiger partial charge < -0.3 is 20.3 Å². The van der Waals surface area contributed by atoms with Crippen LogP contribution in [-0.4, -0.2) is 26.8 Å². The molecule has 0 spiro atoms. The Morgan fingerprint density at radius 3 is 2.14 bits per heavy atom. The van der Waals surface area contributed by atoms with E-state index in [1.165, 1.54) is 12.4 Å². The Labute approximate surface area is 214 Å². The van der Waals surface area contributed by atoms with Crippen molar-refractivity contribution in [2.24, 2.45) is 0 Å². The summed E-state index contributed by atoms with van der Waals surface area (Å²) in [4.78, 5) is 6.73. The number of rotatable bonds is 6. The second-order valence-corrected chi connectivity index (χ2v) is 7.51. The number of pyridine rings is 1. The first-order chi connectivity index (χ1) is 15.9. The molecule has 1 aromatic carbocycles. The molecular weight excluding hydrogens is 648 g/mol. The van der Waals surface area contributed by atoms with Crippen LogP contribution in [0, 0.1) is 24.3 Å². The third-order valence-electron chi connectivity index (χ3n) is 4.03. The molecule has 2 aromatic heterocycles. The molecule has 0 N–H and O–H groups in total. The fraction of sp³-hybridized carbons (Fsp3) is 0.348. The molecule has 0 aliphatic rings. The molecule has 6 nitrogen and oxygen atoms in total. The van der Waals surface area contributed by atoms with Crippen LogP contribution in [0.5, 0.6) is 0 Å². The second kappa shape index (κ2) is 13.4. The Kier molecular flexibility index (Phi) is 11.6. The molecule has 2 heterocycles. The first kappa shape index (κ1) is 30.3. The van der Waals surface area contributed by atoms with Crippen LogP contribution in [0.25, 0.3) is 26.7 Å². The SMILES string of the molecule is CC(C)[N-]C([N-]C(C)C)n1ccc(C(F)(F)F)n1.[C-]#[N+]c1c(F)c[c-]c(-c2ccccn2)c1F.[Ir+3]. The molecule has 12 heteroatoms. The Morgan fingerprint density at radius 1 is 1.06 bits per heavy atom. The van der Waals surface area contributed by atoms with E-state index in [0.717, 1.165) is 16.8 Å². The zero-order chi connectivity index (χ0) is 25.5. The van der Waals surface area contributed by atoms with E-state index in [1.807, 2.05) is 27.7 Å². The molecule has 0 fully saturated rings. The molecule has 35 heavy (non-hydrogen) atoms. The van der Waals surface area contributed by atoms with Gasteiger partial charge in [0.15, 0.2) is 11.4 Å². The normalized spacial score (nSPS) is 11.2. The van der Waals surface area contributed by atoms with Gasteiger partial charge in [-0.1, -0.05) is 39.8 Å². The number of hydrogen-bond donors (Lipinski definition) is 0. The van der Waals surface area contributed by atoms with E-state index in [-0.39, 0.29) is 37.8 Å². The Bertz CT molecular complexity index is 1100. The average Bonchev–Trinajstić information content (AvgIpc) is 3.25. The zero-order valence-corrected chi connectivity index (χ0v) is 21.6. The first-order valence-corrected chi connectivity index (χ1v) is 10.1. The molecule has 0 atom stereocenters. The van der Waals surface area contributed by atoms with Gasteiger partial charge >= 0.3 is 26.3 Å². The summed E-state index contributed by atoms with van der Waals surface area (Å²) in [6.45, 7) is 14.1. The number of halogens is 5. The summed E-state index contributed by atoms with van der Waals surface area (Å²) in [7, 11) is 0. The van der Waals surface area contributed by atoms with Crippen molar-refractivity contribution in [3.05, 3.63) is 88.2 Å². The van der Waals surface area contributed by atoms with Crippen LogP contribution < -0.4 is 0 Å². The van der Waals surface area contributed by atoms with E-state index >= 15 is 0 Å². The molecule has 0 aliphatic heterocycles. The predicted octanol–water partition coefficient (Wildman–Crippen LogP) is 7.30. The largest absolute Gasteiger partial charge is 3.00 e. The maximum absolute atomic E-state index is 13.7. The summed E-state index contributed by atoms with van der Waals surface area (Å²) in [5.74, 6) is -1.83. The van der Waals surface area contributed by atoms with Gasteiger partial charge in [0, 0.05) is 24.0 Å². The van der Waals surface area contributed by atoms with E-state index in [1.54, 1.807) is 18.2 Å². The number of hydrogen-bond acceptors (Lipinski definition) is 2. The zero-order valence-electron chi connectivity index (χ0n) is 19.2. The van der Waals surface area contributed by atoms with Crippen LogP contribution in [-0.2, 0) is 26.3 Å². The van der Waals surface area contributed by atoms with Gasteiger partial charge in [0.05, 0.1) is 6.57 Å². The van der Waals surface area contributed by atoms with Crippen molar-refractivity contribution < 1.29 is 42.1 Å². The third kappa shape index (κ3) is 8.78. The maximum atomic E-state index is 13.7. The van der Waals surface area contributed by atoms with Crippen molar-refractivity contribution in [2.75, 3.05) is 0 Å². The van der Waals surface area contributed by atoms with Crippen LogP contribution in [0.15, 0.2) is 42.7 Å². The third-order valence-corrected chi connectivity index (χ3v) is 4.03. The molecular formula is C23H22F5IrN6. The Balaban J connectivity index is 0.000000342. The summed E-state index contributed by atoms with van der Waals surface area (Å²) in [6.07, 6.45) is -2.40. The number of aromatic nitrogens is 3. The van der Waals surface area contributed by atoms with E-state index in [2.05, 4.69) is 31.6 Å². The summed E-state index contributed by atoms with van der Waals surface area (Å²) < 4.78 is 65.2. The minimum absolute atomic E-state index is 0. The molecule has 0 amide bonds. The minimum atomic E-state index is -4.44. The predicted molar refractivity (Wildman–Crippen MR) is 118 cm³/mol. The van der Waals surface area contributed by atoms with E-state index in [0.29, 0.717) is 5.69 Å². The van der Waals surface area contributed by atoms with Crippen LogP contribution in [0.4, 0.5) is 27.6 Å². The van der Waals surface area contributed by atoms with Crippen molar-refractivity contribution >= 4 is 5.69 Å². The standard InChI is InChI=1S/C12H5F2N2.C11H17F3N4.Ir/c1-15-12-9(13)6-5-8(11(12)14)10-4-2-3-7-16-10;1-7(2)15-10(16-8(3)4)18-6-5-9(17-18)11(12,13)14;/h2-4,6-7H;5-8,10H,1-4H3;/q-1;-2;+3. The molecule has 0 radical (unpaired) electrons. The smallest absolute Gasteiger partial charge is 0.657 e. The topological polar surface area (TPSA) is 63.3 Å². The molecule has 0 bridgehead atoms. The van der Waals surface area contributed by atoms with Gasteiger partial charge in [-0.3, -0.25) is 13.6 Å². The first-order valence-electron chi connectivity index (χ1n) is 10.1. The second-order valence-electron chi connectivity index (χ2n) is 7.51. The number of nitrogens with zero attached hydrogens (tertiary/aromatic N) is 6. The van der Waals surface area contributed by atoms with Gasteiger partial charge in [0.2, 0.25) is 0 Å². The van der Waals surface area contributed by atoms with Crippen molar-refractivity contribution in [1.29, 1.82) is 0 Å². The quantitative estimate of drug-likeness (QED) is 0.204. The summed E-state index contributed by atoms with van der Waals surface area (Å²) >= 11 is 0. The van der Waals surface area contributed by atoms with Gasteiger partial charge in [0.25, 0.3) is 0 Å². The summed E-state index contributed by atoms with van der Waals surface area (Å²) in [6, 6.07) is 9.18. The number of benzene rings is 1. The van der Waals surface area contributed by atoms with E-state index in [9.17, 15) is 22.0 Å². The van der Waals surface area contributed by atoms with Crippen LogP contribution >= 0.6 is 0 Å². The molecule has 3 aromatic rings. The Hall–Kier alpha value is -2.71. The van der Waals surface area contributed by atoms with Crippen molar-refractivity contribution in [3.8, 4) is 11.3 Å². The summed E-state index contributed by atoms with van der Waals surface area (Å²) in [5.41, 5.74) is -1.22. The van der Waals surface area contributed by atoms with Gasteiger partial charge in [-0.05, 0) is 17.8 Å². The maximum Gasteiger partial charge on any atom is 3.00 e. The monoisotopic (exact) mass is 670 g/mol. The van der Waals surface area contributed by atoms with Gasteiger partial charge in [-0.15, -0.1) is 36.1 Å². The average molecular weight is 670 g/mol. The van der Waals surface area contributed by atoms with Crippen molar-refractivity contribution in [1.82, 2.24) is 14.8 Å². The van der Waals surface area contributed by atoms with E-state index < -0.39 is 35.5 Å².